The van der Waals surface area contributed by atoms with E-state index in [2.05, 4.69) is 28.1 Å². The van der Waals surface area contributed by atoms with Crippen molar-refractivity contribution in [1.29, 1.82) is 0 Å². The Morgan fingerprint density at radius 3 is 2.43 bits per heavy atom. The Morgan fingerprint density at radius 1 is 1.14 bits per heavy atom. The summed E-state index contributed by atoms with van der Waals surface area (Å²) in [5, 5.41) is 0. The van der Waals surface area contributed by atoms with Crippen LogP contribution >= 0.6 is 15.9 Å². The third kappa shape index (κ3) is 3.43. The number of hydrogen-bond donors (Lipinski definition) is 0. The van der Waals surface area contributed by atoms with Gasteiger partial charge >= 0.3 is 0 Å². The molecule has 4 rings (SSSR count). The van der Waals surface area contributed by atoms with Gasteiger partial charge in [0.15, 0.2) is 0 Å². The van der Waals surface area contributed by atoms with Gasteiger partial charge in [-0.3, -0.25) is 4.90 Å². The molecular formula is C23H23BrF3N. The first-order valence-electron chi connectivity index (χ1n) is 9.55. The fraction of sp³-hybridized carbons (Fsp3) is 0.391. The molecule has 1 heterocycles. The molecule has 1 aliphatic heterocycles. The van der Waals surface area contributed by atoms with Gasteiger partial charge in [-0.2, -0.15) is 0 Å². The molecule has 28 heavy (non-hydrogen) atoms. The first-order chi connectivity index (χ1) is 13.2. The minimum absolute atomic E-state index is 0.0132. The highest BCUT2D eigenvalue weighted by atomic mass is 79.9. The van der Waals surface area contributed by atoms with Gasteiger partial charge in [0.1, 0.15) is 17.3 Å². The third-order valence-corrected chi connectivity index (χ3v) is 6.17. The summed E-state index contributed by atoms with van der Waals surface area (Å²) in [6.45, 7) is 5.15. The van der Waals surface area contributed by atoms with Crippen molar-refractivity contribution >= 4 is 21.5 Å². The Bertz CT molecular complexity index is 938. The normalized spacial score (nSPS) is 22.4. The van der Waals surface area contributed by atoms with Crippen LogP contribution in [0, 0.1) is 11.6 Å². The monoisotopic (exact) mass is 449 g/mol. The molecule has 1 aliphatic carbocycles. The van der Waals surface area contributed by atoms with E-state index in [-0.39, 0.29) is 18.2 Å². The summed E-state index contributed by atoms with van der Waals surface area (Å²) in [5.41, 5.74) is 3.01. The van der Waals surface area contributed by atoms with E-state index in [4.69, 9.17) is 0 Å². The smallest absolute Gasteiger partial charge is 0.132 e. The summed E-state index contributed by atoms with van der Waals surface area (Å²) in [4.78, 5) is 1.93. The van der Waals surface area contributed by atoms with Crippen LogP contribution in [0.25, 0.3) is 5.57 Å². The molecule has 2 aliphatic rings. The lowest BCUT2D eigenvalue weighted by atomic mass is 9.84. The van der Waals surface area contributed by atoms with Gasteiger partial charge in [-0.25, -0.2) is 13.2 Å². The zero-order valence-electron chi connectivity index (χ0n) is 16.2. The Hall–Kier alpha value is -1.59. The first kappa shape index (κ1) is 19.7. The number of hydrogen-bond acceptors (Lipinski definition) is 1. The Balaban J connectivity index is 1.91. The van der Waals surface area contributed by atoms with E-state index in [0.717, 1.165) is 23.1 Å². The number of benzene rings is 2. The van der Waals surface area contributed by atoms with Crippen molar-refractivity contribution in [3.63, 3.8) is 0 Å². The van der Waals surface area contributed by atoms with Gasteiger partial charge in [0, 0.05) is 22.6 Å². The zero-order valence-corrected chi connectivity index (χ0v) is 17.8. The molecule has 1 nitrogen and oxygen atoms in total. The number of nitrogens with zero attached hydrogens (tertiary/aromatic N) is 1. The molecular weight excluding hydrogens is 427 g/mol. The predicted molar refractivity (Wildman–Crippen MR) is 110 cm³/mol. The molecule has 0 aromatic heterocycles. The lowest BCUT2D eigenvalue weighted by Gasteiger charge is -2.44. The average molecular weight is 450 g/mol. The van der Waals surface area contributed by atoms with E-state index in [1.165, 1.54) is 31.5 Å². The number of fused-ring (bicyclic) bond motifs is 2. The molecule has 148 valence electrons. The second kappa shape index (κ2) is 7.03. The summed E-state index contributed by atoms with van der Waals surface area (Å²) in [6.07, 6.45) is 1.39. The van der Waals surface area contributed by atoms with Crippen LogP contribution in [0.5, 0.6) is 0 Å². The molecule has 0 bridgehead atoms. The molecule has 0 saturated heterocycles. The van der Waals surface area contributed by atoms with Crippen molar-refractivity contribution in [3.05, 3.63) is 74.8 Å². The van der Waals surface area contributed by atoms with Crippen molar-refractivity contribution in [1.82, 2.24) is 4.90 Å². The molecule has 5 heteroatoms. The van der Waals surface area contributed by atoms with E-state index < -0.39 is 23.3 Å². The molecule has 2 aromatic rings. The first-order valence-corrected chi connectivity index (χ1v) is 10.3. The summed E-state index contributed by atoms with van der Waals surface area (Å²) < 4.78 is 45.0. The quantitative estimate of drug-likeness (QED) is 0.508. The van der Waals surface area contributed by atoms with E-state index in [0.29, 0.717) is 10.9 Å². The zero-order chi connectivity index (χ0) is 20.2. The van der Waals surface area contributed by atoms with E-state index >= 15 is 8.78 Å². The van der Waals surface area contributed by atoms with Crippen molar-refractivity contribution in [2.24, 2.45) is 0 Å². The van der Waals surface area contributed by atoms with Crippen molar-refractivity contribution in [2.45, 2.75) is 51.4 Å². The minimum atomic E-state index is -1.47. The van der Waals surface area contributed by atoms with Crippen LogP contribution in [-0.2, 0) is 6.42 Å². The Labute approximate surface area is 172 Å². The molecule has 0 radical (unpaired) electrons. The maximum atomic E-state index is 15.0. The van der Waals surface area contributed by atoms with Gasteiger partial charge in [0.25, 0.3) is 0 Å². The predicted octanol–water partition coefficient (Wildman–Crippen LogP) is 6.62. The van der Waals surface area contributed by atoms with Crippen LogP contribution in [0.2, 0.25) is 0 Å². The highest BCUT2D eigenvalue weighted by Gasteiger charge is 2.42. The minimum Gasteiger partial charge on any atom is -0.286 e. The van der Waals surface area contributed by atoms with Gasteiger partial charge in [-0.1, -0.05) is 40.2 Å². The van der Waals surface area contributed by atoms with Crippen LogP contribution < -0.4 is 0 Å². The van der Waals surface area contributed by atoms with Crippen LogP contribution in [-0.4, -0.2) is 23.2 Å². The van der Waals surface area contributed by atoms with Crippen LogP contribution in [0.4, 0.5) is 13.2 Å². The summed E-state index contributed by atoms with van der Waals surface area (Å²) in [7, 11) is 0. The summed E-state index contributed by atoms with van der Waals surface area (Å²) in [6, 6.07) is 10.0. The Kier molecular flexibility index (Phi) is 4.95. The van der Waals surface area contributed by atoms with Crippen molar-refractivity contribution in [2.75, 3.05) is 6.54 Å². The lowest BCUT2D eigenvalue weighted by Crippen LogP contribution is -2.47. The Morgan fingerprint density at radius 2 is 1.79 bits per heavy atom. The topological polar surface area (TPSA) is 3.24 Å². The highest BCUT2D eigenvalue weighted by Crippen LogP contribution is 2.50. The number of alkyl halides is 1. The third-order valence-electron chi connectivity index (χ3n) is 5.71. The highest BCUT2D eigenvalue weighted by molar-refractivity contribution is 9.10. The van der Waals surface area contributed by atoms with Gasteiger partial charge in [-0.05, 0) is 68.0 Å². The van der Waals surface area contributed by atoms with Crippen LogP contribution in [0.3, 0.4) is 0 Å². The molecule has 0 saturated carbocycles. The standard InChI is InChI=1S/C23H23BrF3N/c1-13-8-17-16-7-5-4-6-14(16)9-18(17)22(28(13)12-23(2,3)27)21-19(25)10-15(24)11-20(21)26/h4-7,10-11,13,22H,8-9,12H2,1-3H3/t13-,22?/m1/s1. The van der Waals surface area contributed by atoms with Crippen LogP contribution in [0.1, 0.15) is 49.9 Å². The van der Waals surface area contributed by atoms with Crippen molar-refractivity contribution in [3.8, 4) is 0 Å². The number of halogens is 4. The van der Waals surface area contributed by atoms with Gasteiger partial charge in [0.2, 0.25) is 0 Å². The van der Waals surface area contributed by atoms with E-state index in [1.54, 1.807) is 0 Å². The fourth-order valence-electron chi connectivity index (χ4n) is 4.66. The summed E-state index contributed by atoms with van der Waals surface area (Å²) in [5.74, 6) is -1.20. The molecule has 1 unspecified atom stereocenters. The molecule has 2 aromatic carbocycles. The number of rotatable bonds is 3. The second-order valence-corrected chi connectivity index (χ2v) is 9.38. The van der Waals surface area contributed by atoms with E-state index in [1.807, 2.05) is 24.0 Å². The maximum Gasteiger partial charge on any atom is 0.132 e. The molecule has 0 spiro atoms. The van der Waals surface area contributed by atoms with Gasteiger partial charge in [-0.15, -0.1) is 0 Å². The van der Waals surface area contributed by atoms with Gasteiger partial charge < -0.3 is 0 Å². The molecule has 0 amide bonds. The fourth-order valence-corrected chi connectivity index (χ4v) is 5.06. The van der Waals surface area contributed by atoms with E-state index in [9.17, 15) is 4.39 Å². The van der Waals surface area contributed by atoms with Crippen molar-refractivity contribution < 1.29 is 13.2 Å². The molecule has 0 N–H and O–H groups in total. The van der Waals surface area contributed by atoms with Crippen LogP contribution in [0.15, 0.2) is 46.4 Å². The maximum absolute atomic E-state index is 15.0. The summed E-state index contributed by atoms with van der Waals surface area (Å²) >= 11 is 3.16. The van der Waals surface area contributed by atoms with Gasteiger partial charge in [0.05, 0.1) is 6.04 Å². The largest absolute Gasteiger partial charge is 0.286 e. The molecule has 0 fully saturated rings. The SMILES string of the molecule is C[C@@H]1CC2=C(Cc3ccccc32)C(c2c(F)cc(Br)cc2F)N1CC(C)(C)F. The average Bonchev–Trinajstić information content (AvgIpc) is 2.94. The lowest BCUT2D eigenvalue weighted by molar-refractivity contribution is 0.0677. The second-order valence-electron chi connectivity index (χ2n) is 8.47. The molecule has 2 atom stereocenters.